The molecule has 0 saturated heterocycles. The number of para-hydroxylation sites is 1. The van der Waals surface area contributed by atoms with Crippen molar-refractivity contribution in [2.24, 2.45) is 7.05 Å². The Kier molecular flexibility index (Phi) is 6.25. The van der Waals surface area contributed by atoms with Gasteiger partial charge in [0.15, 0.2) is 17.2 Å². The molecule has 5 aromatic rings. The molecule has 0 radical (unpaired) electrons. The highest BCUT2D eigenvalue weighted by Gasteiger charge is 2.26. The number of furan rings is 1. The number of carbonyl (C=O) groups is 3. The molecule has 4 N–H and O–H groups in total. The summed E-state index contributed by atoms with van der Waals surface area (Å²) >= 11 is 0. The minimum Gasteiger partial charge on any atom is -0.445 e. The standard InChI is InChI=1S/C27H25N7O4/c1-27(2,16-9-5-4-6-10-16)31-26(37)21-15-19-22(38-21)23(33-32-19)30-24(35)17-11-7-8-12-18(17)29-25(36)20-13-14-28-34(20)3/h4-15H,1-3H3,(H,29,36)(H,31,37)(H2,30,32,33,35). The minimum absolute atomic E-state index is 0.0667. The van der Waals surface area contributed by atoms with Gasteiger partial charge in [0.05, 0.1) is 16.8 Å². The number of rotatable bonds is 7. The van der Waals surface area contributed by atoms with E-state index in [9.17, 15) is 14.4 Å². The molecule has 11 nitrogen and oxygen atoms in total. The average molecular weight is 512 g/mol. The van der Waals surface area contributed by atoms with Crippen molar-refractivity contribution in [3.63, 3.8) is 0 Å². The Balaban J connectivity index is 1.33. The second-order valence-electron chi connectivity index (χ2n) is 9.16. The van der Waals surface area contributed by atoms with Gasteiger partial charge in [-0.2, -0.15) is 10.2 Å². The van der Waals surface area contributed by atoms with Crippen LogP contribution in [0.15, 0.2) is 77.3 Å². The number of H-pyrrole nitrogens is 1. The zero-order valence-electron chi connectivity index (χ0n) is 20.9. The summed E-state index contributed by atoms with van der Waals surface area (Å²) in [7, 11) is 1.65. The summed E-state index contributed by atoms with van der Waals surface area (Å²) in [5, 5.41) is 19.3. The summed E-state index contributed by atoms with van der Waals surface area (Å²) in [6.45, 7) is 3.79. The fourth-order valence-corrected chi connectivity index (χ4v) is 4.03. The lowest BCUT2D eigenvalue weighted by atomic mass is 9.94. The van der Waals surface area contributed by atoms with Crippen molar-refractivity contribution in [2.45, 2.75) is 19.4 Å². The van der Waals surface area contributed by atoms with Crippen LogP contribution in [0.5, 0.6) is 0 Å². The molecule has 0 aliphatic rings. The van der Waals surface area contributed by atoms with E-state index in [1.807, 2.05) is 44.2 Å². The number of fused-ring (bicyclic) bond motifs is 1. The third kappa shape index (κ3) is 4.76. The van der Waals surface area contributed by atoms with Crippen LogP contribution in [-0.4, -0.2) is 37.7 Å². The van der Waals surface area contributed by atoms with E-state index in [0.29, 0.717) is 16.9 Å². The van der Waals surface area contributed by atoms with Gasteiger partial charge in [0.2, 0.25) is 0 Å². The maximum atomic E-state index is 13.1. The number of anilines is 2. The molecule has 38 heavy (non-hydrogen) atoms. The lowest BCUT2D eigenvalue weighted by molar-refractivity contribution is 0.0885. The Morgan fingerprint density at radius 3 is 2.39 bits per heavy atom. The smallest absolute Gasteiger partial charge is 0.287 e. The highest BCUT2D eigenvalue weighted by atomic mass is 16.3. The van der Waals surface area contributed by atoms with Crippen molar-refractivity contribution in [3.8, 4) is 0 Å². The molecule has 0 fully saturated rings. The third-order valence-corrected chi connectivity index (χ3v) is 6.09. The molecule has 5 rings (SSSR count). The lowest BCUT2D eigenvalue weighted by Gasteiger charge is -2.26. The molecular formula is C27H25N7O4. The van der Waals surface area contributed by atoms with E-state index in [4.69, 9.17) is 4.42 Å². The summed E-state index contributed by atoms with van der Waals surface area (Å²) in [5.41, 5.74) is 1.83. The molecule has 3 amide bonds. The van der Waals surface area contributed by atoms with Gasteiger partial charge in [-0.3, -0.25) is 24.2 Å². The SMILES string of the molecule is Cn1nccc1C(=O)Nc1ccccc1C(=O)Nc1n[nH]c2cc(C(=O)NC(C)(C)c3ccccc3)oc12. The molecule has 0 aliphatic carbocycles. The second-order valence-corrected chi connectivity index (χ2v) is 9.16. The van der Waals surface area contributed by atoms with Crippen LogP contribution in [0.1, 0.15) is 50.8 Å². The molecular weight excluding hydrogens is 486 g/mol. The van der Waals surface area contributed by atoms with Crippen molar-refractivity contribution in [3.05, 3.63) is 95.5 Å². The van der Waals surface area contributed by atoms with Gasteiger partial charge in [-0.25, -0.2) is 0 Å². The minimum atomic E-state index is -0.641. The molecule has 0 bridgehead atoms. The van der Waals surface area contributed by atoms with Gasteiger partial charge in [-0.1, -0.05) is 42.5 Å². The fraction of sp³-hybridized carbons (Fsp3) is 0.148. The Morgan fingerprint density at radius 2 is 1.66 bits per heavy atom. The van der Waals surface area contributed by atoms with E-state index in [1.54, 1.807) is 37.4 Å². The van der Waals surface area contributed by atoms with Crippen LogP contribution >= 0.6 is 0 Å². The number of nitrogens with zero attached hydrogens (tertiary/aromatic N) is 3. The van der Waals surface area contributed by atoms with Crippen LogP contribution in [0.25, 0.3) is 11.1 Å². The number of aromatic amines is 1. The largest absolute Gasteiger partial charge is 0.445 e. The summed E-state index contributed by atoms with van der Waals surface area (Å²) in [6, 6.07) is 19.3. The number of hydrogen-bond donors (Lipinski definition) is 4. The molecule has 0 aliphatic heterocycles. The van der Waals surface area contributed by atoms with E-state index in [2.05, 4.69) is 31.2 Å². The highest BCUT2D eigenvalue weighted by molar-refractivity contribution is 6.13. The summed E-state index contributed by atoms with van der Waals surface area (Å²) in [4.78, 5) is 38.7. The van der Waals surface area contributed by atoms with E-state index in [0.717, 1.165) is 5.56 Å². The molecule has 0 unspecified atom stereocenters. The van der Waals surface area contributed by atoms with E-state index in [1.165, 1.54) is 16.9 Å². The van der Waals surface area contributed by atoms with E-state index < -0.39 is 23.3 Å². The first-order chi connectivity index (χ1) is 18.2. The molecule has 0 saturated carbocycles. The van der Waals surface area contributed by atoms with Crippen LogP contribution in [0, 0.1) is 0 Å². The molecule has 192 valence electrons. The van der Waals surface area contributed by atoms with Gasteiger partial charge in [-0.15, -0.1) is 0 Å². The van der Waals surface area contributed by atoms with Gasteiger partial charge < -0.3 is 20.4 Å². The van der Waals surface area contributed by atoms with Crippen molar-refractivity contribution in [2.75, 3.05) is 10.6 Å². The topological polar surface area (TPSA) is 147 Å². The van der Waals surface area contributed by atoms with Crippen LogP contribution < -0.4 is 16.0 Å². The van der Waals surface area contributed by atoms with Crippen molar-refractivity contribution in [1.82, 2.24) is 25.3 Å². The molecule has 0 atom stereocenters. The van der Waals surface area contributed by atoms with Gasteiger partial charge in [0.1, 0.15) is 11.2 Å². The summed E-state index contributed by atoms with van der Waals surface area (Å²) in [5.74, 6) is -1.17. The van der Waals surface area contributed by atoms with Crippen LogP contribution in [0.4, 0.5) is 11.5 Å². The molecule has 0 spiro atoms. The maximum Gasteiger partial charge on any atom is 0.287 e. The summed E-state index contributed by atoms with van der Waals surface area (Å²) < 4.78 is 7.21. The monoisotopic (exact) mass is 511 g/mol. The van der Waals surface area contributed by atoms with Crippen molar-refractivity contribution in [1.29, 1.82) is 0 Å². The predicted molar refractivity (Wildman–Crippen MR) is 141 cm³/mol. The number of nitrogens with one attached hydrogen (secondary N) is 4. The zero-order chi connectivity index (χ0) is 26.9. The number of aryl methyl sites for hydroxylation is 1. The lowest BCUT2D eigenvalue weighted by Crippen LogP contribution is -2.40. The second kappa shape index (κ2) is 9.69. The number of hydrogen-bond acceptors (Lipinski definition) is 6. The highest BCUT2D eigenvalue weighted by Crippen LogP contribution is 2.27. The molecule has 11 heteroatoms. The van der Waals surface area contributed by atoms with E-state index in [-0.39, 0.29) is 22.7 Å². The molecule has 2 aromatic carbocycles. The maximum absolute atomic E-state index is 13.1. The Bertz CT molecular complexity index is 1650. The van der Waals surface area contributed by atoms with Crippen LogP contribution in [-0.2, 0) is 12.6 Å². The van der Waals surface area contributed by atoms with Gasteiger partial charge in [-0.05, 0) is 37.6 Å². The van der Waals surface area contributed by atoms with Crippen LogP contribution in [0.3, 0.4) is 0 Å². The van der Waals surface area contributed by atoms with Crippen LogP contribution in [0.2, 0.25) is 0 Å². The number of carbonyl (C=O) groups excluding carboxylic acids is 3. The third-order valence-electron chi connectivity index (χ3n) is 6.09. The predicted octanol–water partition coefficient (Wildman–Crippen LogP) is 4.06. The van der Waals surface area contributed by atoms with Gasteiger partial charge in [0.25, 0.3) is 17.7 Å². The van der Waals surface area contributed by atoms with Gasteiger partial charge >= 0.3 is 0 Å². The zero-order valence-corrected chi connectivity index (χ0v) is 20.9. The quantitative estimate of drug-likeness (QED) is 0.259. The number of amides is 3. The number of benzene rings is 2. The van der Waals surface area contributed by atoms with Gasteiger partial charge in [0, 0.05) is 19.3 Å². The van der Waals surface area contributed by atoms with Crippen molar-refractivity contribution < 1.29 is 18.8 Å². The summed E-state index contributed by atoms with van der Waals surface area (Å²) in [6.07, 6.45) is 1.51. The Morgan fingerprint density at radius 1 is 0.921 bits per heavy atom. The average Bonchev–Trinajstić information content (AvgIpc) is 3.62. The Labute approximate surface area is 217 Å². The Hall–Kier alpha value is -5.19. The first-order valence-corrected chi connectivity index (χ1v) is 11.8. The first-order valence-electron chi connectivity index (χ1n) is 11.8. The molecule has 3 aromatic heterocycles. The van der Waals surface area contributed by atoms with E-state index >= 15 is 0 Å². The fourth-order valence-electron chi connectivity index (χ4n) is 4.03. The normalized spacial score (nSPS) is 11.3. The first kappa shape index (κ1) is 24.5. The molecule has 3 heterocycles. The number of aromatic nitrogens is 4. The van der Waals surface area contributed by atoms with Crippen molar-refractivity contribution >= 4 is 40.3 Å².